The van der Waals surface area contributed by atoms with Crippen molar-refractivity contribution in [3.63, 3.8) is 0 Å². The van der Waals surface area contributed by atoms with Gasteiger partial charge in [-0.05, 0) is 24.1 Å². The molecule has 0 atom stereocenters. The van der Waals surface area contributed by atoms with E-state index in [1.807, 2.05) is 48.5 Å². The Bertz CT molecular complexity index is 629. The predicted molar refractivity (Wildman–Crippen MR) is 98.7 cm³/mol. The second-order valence-electron chi connectivity index (χ2n) is 5.38. The van der Waals surface area contributed by atoms with Gasteiger partial charge in [-0.15, -0.1) is 0 Å². The Morgan fingerprint density at radius 3 is 2.61 bits per heavy atom. The number of carbonyl (C=O) groups excluding carboxylic acids is 1. The highest BCUT2D eigenvalue weighted by molar-refractivity contribution is 9.10. The second kappa shape index (κ2) is 9.36. The topological polar surface area (TPSA) is 38.3 Å². The van der Waals surface area contributed by atoms with Crippen molar-refractivity contribution in [1.82, 2.24) is 0 Å². The first kappa shape index (κ1) is 17.5. The van der Waals surface area contributed by atoms with Crippen LogP contribution in [-0.4, -0.2) is 12.7 Å². The molecule has 23 heavy (non-hydrogen) atoms. The maximum Gasteiger partial charge on any atom is 0.411 e. The van der Waals surface area contributed by atoms with Crippen LogP contribution in [0.25, 0.3) is 11.1 Å². The largest absolute Gasteiger partial charge is 0.449 e. The third-order valence-electron chi connectivity index (χ3n) is 3.53. The second-order valence-corrected chi connectivity index (χ2v) is 6.29. The number of benzene rings is 2. The van der Waals surface area contributed by atoms with Crippen molar-refractivity contribution < 1.29 is 9.53 Å². The van der Waals surface area contributed by atoms with Gasteiger partial charge in [0.25, 0.3) is 0 Å². The summed E-state index contributed by atoms with van der Waals surface area (Å²) >= 11 is 3.45. The van der Waals surface area contributed by atoms with E-state index < -0.39 is 6.09 Å². The van der Waals surface area contributed by atoms with E-state index in [0.29, 0.717) is 6.61 Å². The van der Waals surface area contributed by atoms with Crippen molar-refractivity contribution in [1.29, 1.82) is 0 Å². The molecule has 0 spiro atoms. The molecule has 0 radical (unpaired) electrons. The number of ether oxygens (including phenoxy) is 1. The SMILES string of the molecule is CCCCCCOC(=O)Nc1cc(Br)ccc1-c1ccccc1. The Morgan fingerprint density at radius 2 is 1.87 bits per heavy atom. The molecule has 2 aromatic rings. The number of anilines is 1. The third kappa shape index (κ3) is 5.71. The average molecular weight is 376 g/mol. The monoisotopic (exact) mass is 375 g/mol. The summed E-state index contributed by atoms with van der Waals surface area (Å²) in [6.45, 7) is 2.62. The molecule has 0 aliphatic carbocycles. The molecule has 0 bridgehead atoms. The number of hydrogen-bond acceptors (Lipinski definition) is 2. The molecule has 0 heterocycles. The fourth-order valence-corrected chi connectivity index (χ4v) is 2.69. The summed E-state index contributed by atoms with van der Waals surface area (Å²) in [7, 11) is 0. The average Bonchev–Trinajstić information content (AvgIpc) is 2.55. The molecule has 3 nitrogen and oxygen atoms in total. The summed E-state index contributed by atoms with van der Waals surface area (Å²) in [4.78, 5) is 12.0. The number of halogens is 1. The summed E-state index contributed by atoms with van der Waals surface area (Å²) in [5.41, 5.74) is 2.76. The molecule has 122 valence electrons. The number of amides is 1. The Kier molecular flexibility index (Phi) is 7.14. The Morgan fingerprint density at radius 1 is 1.09 bits per heavy atom. The van der Waals surface area contributed by atoms with Gasteiger partial charge < -0.3 is 4.74 Å². The quantitative estimate of drug-likeness (QED) is 0.581. The van der Waals surface area contributed by atoms with E-state index >= 15 is 0 Å². The van der Waals surface area contributed by atoms with Crippen molar-refractivity contribution in [3.05, 3.63) is 53.0 Å². The van der Waals surface area contributed by atoms with Gasteiger partial charge in [0.15, 0.2) is 0 Å². The van der Waals surface area contributed by atoms with Crippen LogP contribution in [0.5, 0.6) is 0 Å². The molecule has 2 aromatic carbocycles. The lowest BCUT2D eigenvalue weighted by molar-refractivity contribution is 0.159. The molecule has 2 rings (SSSR count). The summed E-state index contributed by atoms with van der Waals surface area (Å²) in [5, 5.41) is 2.85. The number of carbonyl (C=O) groups is 1. The molecule has 0 aliphatic heterocycles. The van der Waals surface area contributed by atoms with Gasteiger partial charge in [-0.2, -0.15) is 0 Å². The molecule has 1 N–H and O–H groups in total. The first-order chi connectivity index (χ1) is 11.2. The molecular weight excluding hydrogens is 354 g/mol. The molecule has 0 saturated heterocycles. The molecule has 1 amide bonds. The predicted octanol–water partition coefficient (Wildman–Crippen LogP) is 6.24. The van der Waals surface area contributed by atoms with Crippen molar-refractivity contribution in [2.75, 3.05) is 11.9 Å². The normalized spacial score (nSPS) is 10.3. The van der Waals surface area contributed by atoms with E-state index in [-0.39, 0.29) is 0 Å². The molecule has 0 aromatic heterocycles. The van der Waals surface area contributed by atoms with Gasteiger partial charge >= 0.3 is 6.09 Å². The van der Waals surface area contributed by atoms with Crippen LogP contribution in [0.1, 0.15) is 32.6 Å². The minimum Gasteiger partial charge on any atom is -0.449 e. The lowest BCUT2D eigenvalue weighted by Crippen LogP contribution is -2.15. The van der Waals surface area contributed by atoms with E-state index in [1.54, 1.807) is 0 Å². The van der Waals surface area contributed by atoms with E-state index in [2.05, 4.69) is 28.2 Å². The smallest absolute Gasteiger partial charge is 0.411 e. The van der Waals surface area contributed by atoms with Crippen molar-refractivity contribution in [2.24, 2.45) is 0 Å². The van der Waals surface area contributed by atoms with Crippen LogP contribution >= 0.6 is 15.9 Å². The van der Waals surface area contributed by atoms with Crippen LogP contribution in [0.3, 0.4) is 0 Å². The lowest BCUT2D eigenvalue weighted by atomic mass is 10.0. The fraction of sp³-hybridized carbons (Fsp3) is 0.316. The van der Waals surface area contributed by atoms with Gasteiger partial charge in [0.05, 0.1) is 12.3 Å². The van der Waals surface area contributed by atoms with Gasteiger partial charge in [0.2, 0.25) is 0 Å². The van der Waals surface area contributed by atoms with Crippen molar-refractivity contribution in [2.45, 2.75) is 32.6 Å². The fourth-order valence-electron chi connectivity index (χ4n) is 2.33. The molecule has 4 heteroatoms. The summed E-state index contributed by atoms with van der Waals surface area (Å²) in [6, 6.07) is 15.8. The van der Waals surface area contributed by atoms with Gasteiger partial charge in [-0.25, -0.2) is 4.79 Å². The van der Waals surface area contributed by atoms with Gasteiger partial charge in [-0.3, -0.25) is 5.32 Å². The minimum atomic E-state index is -0.406. The van der Waals surface area contributed by atoms with Crippen molar-refractivity contribution in [3.8, 4) is 11.1 Å². The Labute approximate surface area is 146 Å². The Hall–Kier alpha value is -1.81. The zero-order chi connectivity index (χ0) is 16.5. The van der Waals surface area contributed by atoms with Crippen LogP contribution in [0.15, 0.2) is 53.0 Å². The van der Waals surface area contributed by atoms with Crippen LogP contribution in [0.4, 0.5) is 10.5 Å². The maximum atomic E-state index is 12.0. The molecule has 0 aliphatic rings. The summed E-state index contributed by atoms with van der Waals surface area (Å²) in [6.07, 6.45) is 3.94. The highest BCUT2D eigenvalue weighted by atomic mass is 79.9. The minimum absolute atomic E-state index is 0.406. The van der Waals surface area contributed by atoms with Gasteiger partial charge in [-0.1, -0.05) is 78.5 Å². The number of hydrogen-bond donors (Lipinski definition) is 1. The zero-order valence-corrected chi connectivity index (χ0v) is 14.9. The molecule has 0 fully saturated rings. The number of unbranched alkanes of at least 4 members (excludes halogenated alkanes) is 3. The van der Waals surface area contributed by atoms with Crippen molar-refractivity contribution >= 4 is 27.7 Å². The first-order valence-electron chi connectivity index (χ1n) is 7.99. The highest BCUT2D eigenvalue weighted by Gasteiger charge is 2.10. The van der Waals surface area contributed by atoms with Gasteiger partial charge in [0, 0.05) is 10.0 Å². The van der Waals surface area contributed by atoms with Crippen LogP contribution in [0.2, 0.25) is 0 Å². The summed E-state index contributed by atoms with van der Waals surface area (Å²) in [5.74, 6) is 0. The standard InChI is InChI=1S/C19H22BrNO2/c1-2-3-4-8-13-23-19(22)21-18-14-16(20)11-12-17(18)15-9-6-5-7-10-15/h5-7,9-12,14H,2-4,8,13H2,1H3,(H,21,22). The summed E-state index contributed by atoms with van der Waals surface area (Å²) < 4.78 is 6.17. The molecule has 0 unspecified atom stereocenters. The molecular formula is C19H22BrNO2. The highest BCUT2D eigenvalue weighted by Crippen LogP contribution is 2.30. The number of nitrogens with one attached hydrogen (secondary N) is 1. The number of rotatable bonds is 7. The van der Waals surface area contributed by atoms with Crippen LogP contribution < -0.4 is 5.32 Å². The van der Waals surface area contributed by atoms with E-state index in [0.717, 1.165) is 34.1 Å². The third-order valence-corrected chi connectivity index (χ3v) is 4.03. The van der Waals surface area contributed by atoms with Crippen LogP contribution in [0, 0.1) is 0 Å². The Balaban J connectivity index is 2.01. The lowest BCUT2D eigenvalue weighted by Gasteiger charge is -2.12. The molecule has 0 saturated carbocycles. The van der Waals surface area contributed by atoms with E-state index in [9.17, 15) is 4.79 Å². The zero-order valence-electron chi connectivity index (χ0n) is 13.3. The first-order valence-corrected chi connectivity index (χ1v) is 8.78. The van der Waals surface area contributed by atoms with Crippen LogP contribution in [-0.2, 0) is 4.74 Å². The van der Waals surface area contributed by atoms with E-state index in [4.69, 9.17) is 4.74 Å². The van der Waals surface area contributed by atoms with Gasteiger partial charge in [0.1, 0.15) is 0 Å². The van der Waals surface area contributed by atoms with E-state index in [1.165, 1.54) is 12.8 Å². The maximum absolute atomic E-state index is 12.0.